The Morgan fingerprint density at radius 3 is 2.47 bits per heavy atom. The number of nitriles is 1. The summed E-state index contributed by atoms with van der Waals surface area (Å²) in [5, 5.41) is 11.7. The Morgan fingerprint density at radius 1 is 1.47 bits per heavy atom. The standard InChI is InChI=1S/C11H12N2O.C3H8/c1-8(7-12)10-5-4-9(14-3)6-11(10)13-2;1-3-2/h4-6,13H,1H2,2-3H3;3H2,1-2H3. The lowest BCUT2D eigenvalue weighted by Gasteiger charge is -2.09. The average Bonchev–Trinajstić information content (AvgIpc) is 2.37. The second kappa shape index (κ2) is 8.23. The van der Waals surface area contributed by atoms with Gasteiger partial charge in [0.15, 0.2) is 0 Å². The van der Waals surface area contributed by atoms with Gasteiger partial charge in [-0.1, -0.05) is 26.8 Å². The van der Waals surface area contributed by atoms with Crippen molar-refractivity contribution < 1.29 is 4.74 Å². The van der Waals surface area contributed by atoms with Crippen LogP contribution in [0.5, 0.6) is 5.75 Å². The molecule has 0 spiro atoms. The van der Waals surface area contributed by atoms with E-state index in [1.807, 2.05) is 18.2 Å². The predicted molar refractivity (Wildman–Crippen MR) is 73.2 cm³/mol. The number of nitrogens with one attached hydrogen (secondary N) is 1. The molecule has 0 aliphatic heterocycles. The summed E-state index contributed by atoms with van der Waals surface area (Å²) >= 11 is 0. The van der Waals surface area contributed by atoms with Crippen molar-refractivity contribution in [2.45, 2.75) is 20.3 Å². The molecule has 3 heteroatoms. The Kier molecular flexibility index (Phi) is 7.29. The van der Waals surface area contributed by atoms with Crippen molar-refractivity contribution in [2.75, 3.05) is 19.5 Å². The lowest BCUT2D eigenvalue weighted by atomic mass is 10.1. The fourth-order valence-corrected chi connectivity index (χ4v) is 1.18. The Morgan fingerprint density at radius 2 is 2.06 bits per heavy atom. The summed E-state index contributed by atoms with van der Waals surface area (Å²) in [6, 6.07) is 7.47. The van der Waals surface area contributed by atoms with Crippen LogP contribution in [0.3, 0.4) is 0 Å². The van der Waals surface area contributed by atoms with Crippen molar-refractivity contribution in [3.8, 4) is 11.8 Å². The van der Waals surface area contributed by atoms with Gasteiger partial charge in [0.2, 0.25) is 0 Å². The maximum absolute atomic E-state index is 8.73. The molecule has 0 bridgehead atoms. The van der Waals surface area contributed by atoms with Crippen molar-refractivity contribution >= 4 is 11.3 Å². The molecule has 17 heavy (non-hydrogen) atoms. The first-order valence-corrected chi connectivity index (χ1v) is 5.59. The SMILES string of the molecule is C=C(C#N)c1ccc(OC)cc1NC.CCC. The van der Waals surface area contributed by atoms with E-state index in [4.69, 9.17) is 10.00 Å². The molecule has 1 aromatic rings. The van der Waals surface area contributed by atoms with E-state index in [-0.39, 0.29) is 0 Å². The minimum absolute atomic E-state index is 0.442. The summed E-state index contributed by atoms with van der Waals surface area (Å²) in [6.07, 6.45) is 1.25. The minimum atomic E-state index is 0.442. The third kappa shape index (κ3) is 4.60. The van der Waals surface area contributed by atoms with Crippen molar-refractivity contribution in [1.82, 2.24) is 0 Å². The summed E-state index contributed by atoms with van der Waals surface area (Å²) in [6.45, 7) is 7.92. The number of hydrogen-bond donors (Lipinski definition) is 1. The molecule has 0 unspecified atom stereocenters. The number of allylic oxidation sites excluding steroid dienone is 1. The van der Waals surface area contributed by atoms with Crippen LogP contribution < -0.4 is 10.1 Å². The van der Waals surface area contributed by atoms with E-state index >= 15 is 0 Å². The van der Waals surface area contributed by atoms with Crippen LogP contribution in [0.4, 0.5) is 5.69 Å². The first kappa shape index (κ1) is 15.0. The molecule has 92 valence electrons. The Labute approximate surface area is 104 Å². The molecule has 0 aliphatic carbocycles. The van der Waals surface area contributed by atoms with Crippen LogP contribution in [-0.4, -0.2) is 14.2 Å². The smallest absolute Gasteiger partial charge is 0.120 e. The highest BCUT2D eigenvalue weighted by Crippen LogP contribution is 2.26. The molecule has 0 atom stereocenters. The summed E-state index contributed by atoms with van der Waals surface area (Å²) in [7, 11) is 3.40. The number of benzene rings is 1. The lowest BCUT2D eigenvalue weighted by molar-refractivity contribution is 0.415. The fraction of sp³-hybridized carbons (Fsp3) is 0.357. The molecule has 0 amide bonds. The Bertz CT molecular complexity index is 405. The molecular weight excluding hydrogens is 212 g/mol. The highest BCUT2D eigenvalue weighted by molar-refractivity contribution is 5.83. The molecule has 0 heterocycles. The van der Waals surface area contributed by atoms with Gasteiger partial charge in [0.25, 0.3) is 0 Å². The third-order valence-corrected chi connectivity index (χ3v) is 1.96. The highest BCUT2D eigenvalue weighted by Gasteiger charge is 2.05. The number of anilines is 1. The number of nitrogens with zero attached hydrogens (tertiary/aromatic N) is 1. The largest absolute Gasteiger partial charge is 0.497 e. The second-order valence-electron chi connectivity index (χ2n) is 3.46. The van der Waals surface area contributed by atoms with E-state index in [2.05, 4.69) is 25.7 Å². The Balaban J connectivity index is 0.000000770. The maximum atomic E-state index is 8.73. The van der Waals surface area contributed by atoms with Crippen LogP contribution in [0.15, 0.2) is 24.8 Å². The van der Waals surface area contributed by atoms with E-state index in [1.54, 1.807) is 20.2 Å². The maximum Gasteiger partial charge on any atom is 0.120 e. The van der Waals surface area contributed by atoms with Gasteiger partial charge in [-0.3, -0.25) is 0 Å². The van der Waals surface area contributed by atoms with Gasteiger partial charge >= 0.3 is 0 Å². The average molecular weight is 232 g/mol. The number of rotatable bonds is 3. The summed E-state index contributed by atoms with van der Waals surface area (Å²) in [4.78, 5) is 0. The normalized spacial score (nSPS) is 8.41. The first-order chi connectivity index (χ1) is 8.14. The van der Waals surface area contributed by atoms with E-state index in [9.17, 15) is 0 Å². The van der Waals surface area contributed by atoms with Crippen LogP contribution in [0.25, 0.3) is 5.57 Å². The molecule has 0 radical (unpaired) electrons. The molecule has 0 aromatic heterocycles. The number of hydrogen-bond acceptors (Lipinski definition) is 3. The van der Waals surface area contributed by atoms with Crippen molar-refractivity contribution in [1.29, 1.82) is 5.26 Å². The summed E-state index contributed by atoms with van der Waals surface area (Å²) < 4.78 is 5.07. The molecule has 0 aliphatic rings. The third-order valence-electron chi connectivity index (χ3n) is 1.96. The molecule has 3 nitrogen and oxygen atoms in total. The van der Waals surface area contributed by atoms with Crippen LogP contribution in [0, 0.1) is 11.3 Å². The zero-order valence-corrected chi connectivity index (χ0v) is 11.0. The molecule has 1 N–H and O–H groups in total. The first-order valence-electron chi connectivity index (χ1n) is 5.59. The van der Waals surface area contributed by atoms with Crippen LogP contribution >= 0.6 is 0 Å². The fourth-order valence-electron chi connectivity index (χ4n) is 1.18. The van der Waals surface area contributed by atoms with Crippen molar-refractivity contribution in [3.63, 3.8) is 0 Å². The summed E-state index contributed by atoms with van der Waals surface area (Å²) in [5.41, 5.74) is 2.09. The van der Waals surface area contributed by atoms with Gasteiger partial charge in [0.05, 0.1) is 18.8 Å². The molecule has 0 fully saturated rings. The Hall–Kier alpha value is -1.95. The van der Waals surface area contributed by atoms with Crippen molar-refractivity contribution in [3.05, 3.63) is 30.3 Å². The van der Waals surface area contributed by atoms with Gasteiger partial charge in [-0.15, -0.1) is 0 Å². The number of methoxy groups -OCH3 is 1. The zero-order chi connectivity index (χ0) is 13.3. The van der Waals surface area contributed by atoms with Gasteiger partial charge in [-0.2, -0.15) is 5.26 Å². The molecular formula is C14H20N2O. The van der Waals surface area contributed by atoms with Crippen LogP contribution in [0.1, 0.15) is 25.8 Å². The minimum Gasteiger partial charge on any atom is -0.497 e. The van der Waals surface area contributed by atoms with Crippen LogP contribution in [-0.2, 0) is 0 Å². The highest BCUT2D eigenvalue weighted by atomic mass is 16.5. The molecule has 0 saturated carbocycles. The van der Waals surface area contributed by atoms with Gasteiger partial charge in [-0.25, -0.2) is 0 Å². The van der Waals surface area contributed by atoms with Crippen LogP contribution in [0.2, 0.25) is 0 Å². The topological polar surface area (TPSA) is 45.0 Å². The van der Waals surface area contributed by atoms with Gasteiger partial charge in [0.1, 0.15) is 5.75 Å². The predicted octanol–water partition coefficient (Wildman–Crippen LogP) is 3.69. The monoisotopic (exact) mass is 232 g/mol. The van der Waals surface area contributed by atoms with Crippen molar-refractivity contribution in [2.24, 2.45) is 0 Å². The van der Waals surface area contributed by atoms with E-state index < -0.39 is 0 Å². The molecule has 0 saturated heterocycles. The quantitative estimate of drug-likeness (QED) is 0.808. The lowest BCUT2D eigenvalue weighted by Crippen LogP contribution is -1.95. The second-order valence-corrected chi connectivity index (χ2v) is 3.46. The molecule has 1 aromatic carbocycles. The zero-order valence-electron chi connectivity index (χ0n) is 11.0. The van der Waals surface area contributed by atoms with Gasteiger partial charge in [0, 0.05) is 24.4 Å². The molecule has 1 rings (SSSR count). The van der Waals surface area contributed by atoms with E-state index in [0.717, 1.165) is 17.0 Å². The van der Waals surface area contributed by atoms with E-state index in [1.165, 1.54) is 6.42 Å². The number of ether oxygens (including phenoxy) is 1. The van der Waals surface area contributed by atoms with Gasteiger partial charge in [-0.05, 0) is 12.1 Å². The van der Waals surface area contributed by atoms with Gasteiger partial charge < -0.3 is 10.1 Å². The van der Waals surface area contributed by atoms with E-state index in [0.29, 0.717) is 5.57 Å². The summed E-state index contributed by atoms with van der Waals surface area (Å²) in [5.74, 6) is 0.754.